The molecule has 1 aliphatic rings. The molecule has 1 amide bonds. The van der Waals surface area contributed by atoms with Crippen molar-refractivity contribution in [2.45, 2.75) is 37.8 Å². The molecule has 0 radical (unpaired) electrons. The molecule has 0 unspecified atom stereocenters. The van der Waals surface area contributed by atoms with Gasteiger partial charge in [-0.05, 0) is 48.4 Å². The minimum atomic E-state index is -1.10. The number of nitrogens with two attached hydrogens (primary N) is 1. The highest BCUT2D eigenvalue weighted by Crippen LogP contribution is 2.38. The van der Waals surface area contributed by atoms with Gasteiger partial charge in [0.15, 0.2) is 0 Å². The van der Waals surface area contributed by atoms with Gasteiger partial charge in [-0.2, -0.15) is 0 Å². The van der Waals surface area contributed by atoms with Crippen molar-refractivity contribution in [2.24, 2.45) is 11.7 Å². The minimum absolute atomic E-state index is 0.0359. The third-order valence-corrected chi connectivity index (χ3v) is 6.66. The Labute approximate surface area is 218 Å². The highest BCUT2D eigenvalue weighted by atomic mass is 19.1. The quantitative estimate of drug-likeness (QED) is 0.376. The summed E-state index contributed by atoms with van der Waals surface area (Å²) in [5.74, 6) is -4.08. The molecule has 202 valence electrons. The van der Waals surface area contributed by atoms with Crippen LogP contribution in [0.4, 0.5) is 18.9 Å². The number of hydrogen-bond acceptors (Lipinski definition) is 7. The molecule has 2 aromatic heterocycles. The first-order valence-corrected chi connectivity index (χ1v) is 12.2. The number of amides is 1. The van der Waals surface area contributed by atoms with Crippen LogP contribution < -0.4 is 15.8 Å². The lowest BCUT2D eigenvalue weighted by Crippen LogP contribution is -2.44. The number of halogens is 3. The second kappa shape index (κ2) is 11.9. The van der Waals surface area contributed by atoms with Gasteiger partial charge in [0.25, 0.3) is 5.91 Å². The van der Waals surface area contributed by atoms with Crippen LogP contribution in [-0.4, -0.2) is 53.5 Å². The van der Waals surface area contributed by atoms with E-state index >= 15 is 0 Å². The smallest absolute Gasteiger partial charge is 0.274 e. The molecule has 0 bridgehead atoms. The first-order chi connectivity index (χ1) is 18.2. The number of nitrogens with one attached hydrogen (secondary N) is 1. The number of hydrogen-bond donors (Lipinski definition) is 3. The Balaban J connectivity index is 1.59. The van der Waals surface area contributed by atoms with Crippen LogP contribution in [0.3, 0.4) is 0 Å². The molecule has 4 atom stereocenters. The van der Waals surface area contributed by atoms with Gasteiger partial charge in [0.2, 0.25) is 0 Å². The summed E-state index contributed by atoms with van der Waals surface area (Å²) in [5, 5.41) is 12.9. The van der Waals surface area contributed by atoms with E-state index in [1.165, 1.54) is 13.3 Å². The molecule has 0 aliphatic heterocycles. The first-order valence-electron chi connectivity index (χ1n) is 12.2. The van der Waals surface area contributed by atoms with E-state index < -0.39 is 46.8 Å². The topological polar surface area (TPSA) is 120 Å². The number of anilines is 1. The molecule has 8 nitrogen and oxygen atoms in total. The summed E-state index contributed by atoms with van der Waals surface area (Å²) in [7, 11) is 1.46. The van der Waals surface area contributed by atoms with E-state index in [4.69, 9.17) is 15.2 Å². The molecule has 0 saturated heterocycles. The molecule has 3 aromatic rings. The molecule has 0 spiro atoms. The van der Waals surface area contributed by atoms with Crippen molar-refractivity contribution in [1.82, 2.24) is 9.97 Å². The van der Waals surface area contributed by atoms with Gasteiger partial charge in [-0.15, -0.1) is 0 Å². The van der Waals surface area contributed by atoms with Crippen molar-refractivity contribution < 1.29 is 32.5 Å². The normalized spacial score (nSPS) is 21.2. The molecule has 1 saturated carbocycles. The van der Waals surface area contributed by atoms with Gasteiger partial charge in [0, 0.05) is 31.5 Å². The fourth-order valence-electron chi connectivity index (χ4n) is 4.73. The lowest BCUT2D eigenvalue weighted by atomic mass is 9.74. The molecule has 11 heteroatoms. The fourth-order valence-corrected chi connectivity index (χ4v) is 4.73. The van der Waals surface area contributed by atoms with E-state index in [-0.39, 0.29) is 36.5 Å². The minimum Gasteiger partial charge on any atom is -0.491 e. The summed E-state index contributed by atoms with van der Waals surface area (Å²) in [5.41, 5.74) is 5.68. The number of aliphatic hydroxyl groups excluding tert-OH is 1. The zero-order valence-corrected chi connectivity index (χ0v) is 21.0. The lowest BCUT2D eigenvalue weighted by Gasteiger charge is -2.36. The number of nitrogens with zero attached hydrogens (tertiary/aromatic N) is 2. The largest absolute Gasteiger partial charge is 0.491 e. The van der Waals surface area contributed by atoms with Crippen LogP contribution in [0.5, 0.6) is 5.75 Å². The predicted octanol–water partition coefficient (Wildman–Crippen LogP) is 4.04. The summed E-state index contributed by atoms with van der Waals surface area (Å²) in [4.78, 5) is 21.1. The van der Waals surface area contributed by atoms with Gasteiger partial charge in [-0.1, -0.05) is 6.92 Å². The Kier molecular flexibility index (Phi) is 8.60. The SMILES string of the molecule is COCCOc1cc(F)c(-c2nc(C(=O)Nc3cnccc3[C@H]3C[C@@H](N)[C@@H](O)[C@@H](C)C3)ccc2F)c(F)c1. The Morgan fingerprint density at radius 2 is 1.87 bits per heavy atom. The molecule has 1 aromatic carbocycles. The summed E-state index contributed by atoms with van der Waals surface area (Å²) in [6.07, 6.45) is 3.63. The summed E-state index contributed by atoms with van der Waals surface area (Å²) < 4.78 is 54.4. The molecular weight excluding hydrogens is 501 g/mol. The molecule has 1 fully saturated rings. The molecule has 1 aliphatic carbocycles. The van der Waals surface area contributed by atoms with Gasteiger partial charge in [0.1, 0.15) is 41.2 Å². The van der Waals surface area contributed by atoms with Crippen LogP contribution in [0, 0.1) is 23.4 Å². The number of methoxy groups -OCH3 is 1. The predicted molar refractivity (Wildman–Crippen MR) is 134 cm³/mol. The maximum Gasteiger partial charge on any atom is 0.274 e. The van der Waals surface area contributed by atoms with Crippen LogP contribution >= 0.6 is 0 Å². The molecule has 38 heavy (non-hydrogen) atoms. The van der Waals surface area contributed by atoms with Crippen LogP contribution in [-0.2, 0) is 4.74 Å². The van der Waals surface area contributed by atoms with Crippen molar-refractivity contribution >= 4 is 11.6 Å². The highest BCUT2D eigenvalue weighted by molar-refractivity contribution is 6.03. The van der Waals surface area contributed by atoms with E-state index in [0.29, 0.717) is 18.5 Å². The lowest BCUT2D eigenvalue weighted by molar-refractivity contribution is 0.0521. The monoisotopic (exact) mass is 530 g/mol. The Morgan fingerprint density at radius 1 is 1.13 bits per heavy atom. The van der Waals surface area contributed by atoms with Crippen molar-refractivity contribution in [2.75, 3.05) is 25.6 Å². The number of aromatic nitrogens is 2. The van der Waals surface area contributed by atoms with E-state index in [2.05, 4.69) is 15.3 Å². The molecular formula is C27H29F3N4O4. The zero-order valence-electron chi connectivity index (χ0n) is 21.0. The van der Waals surface area contributed by atoms with Crippen LogP contribution in [0.15, 0.2) is 42.7 Å². The summed E-state index contributed by atoms with van der Waals surface area (Å²) >= 11 is 0. The van der Waals surface area contributed by atoms with Crippen LogP contribution in [0.1, 0.15) is 41.7 Å². The Bertz CT molecular complexity index is 1270. The van der Waals surface area contributed by atoms with Crippen molar-refractivity contribution in [3.8, 4) is 17.0 Å². The molecule has 4 rings (SSSR count). The average Bonchev–Trinajstić information content (AvgIpc) is 2.88. The maximum atomic E-state index is 14.8. The number of aliphatic hydroxyl groups is 1. The first kappa shape index (κ1) is 27.5. The van der Waals surface area contributed by atoms with Crippen LogP contribution in [0.25, 0.3) is 11.3 Å². The molecule has 4 N–H and O–H groups in total. The van der Waals surface area contributed by atoms with Gasteiger partial charge in [-0.3, -0.25) is 9.78 Å². The highest BCUT2D eigenvalue weighted by Gasteiger charge is 2.34. The Morgan fingerprint density at radius 3 is 2.55 bits per heavy atom. The summed E-state index contributed by atoms with van der Waals surface area (Å²) in [6, 6.07) is 5.22. The fraction of sp³-hybridized carbons (Fsp3) is 0.370. The summed E-state index contributed by atoms with van der Waals surface area (Å²) in [6.45, 7) is 2.20. The van der Waals surface area contributed by atoms with Gasteiger partial charge in [0.05, 0.1) is 30.2 Å². The average molecular weight is 531 g/mol. The third-order valence-electron chi connectivity index (χ3n) is 6.66. The van der Waals surface area contributed by atoms with Crippen LogP contribution in [0.2, 0.25) is 0 Å². The van der Waals surface area contributed by atoms with Crippen molar-refractivity contribution in [3.63, 3.8) is 0 Å². The standard InChI is InChI=1S/C27H29F3N4O4/c1-14-9-15(10-21(31)26(14)35)17-5-6-32-13-23(17)34-27(36)22-4-3-18(28)25(33-22)24-19(29)11-16(12-20(24)30)38-8-7-37-2/h3-6,11-15,21,26,35H,7-10,31H2,1-2H3,(H,34,36)/t14-,15+,21+,26-/m0/s1. The van der Waals surface area contributed by atoms with E-state index in [0.717, 1.165) is 29.8 Å². The number of pyridine rings is 2. The number of carbonyl (C=O) groups is 1. The number of ether oxygens (including phenoxy) is 2. The number of benzene rings is 1. The number of carbonyl (C=O) groups excluding carboxylic acids is 1. The van der Waals surface area contributed by atoms with E-state index in [1.807, 2.05) is 6.92 Å². The van der Waals surface area contributed by atoms with Gasteiger partial charge in [-0.25, -0.2) is 18.2 Å². The van der Waals surface area contributed by atoms with E-state index in [1.54, 1.807) is 12.3 Å². The van der Waals surface area contributed by atoms with Gasteiger partial charge < -0.3 is 25.6 Å². The zero-order chi connectivity index (χ0) is 27.4. The van der Waals surface area contributed by atoms with Crippen molar-refractivity contribution in [1.29, 1.82) is 0 Å². The second-order valence-electron chi connectivity index (χ2n) is 9.35. The number of rotatable bonds is 8. The van der Waals surface area contributed by atoms with Crippen molar-refractivity contribution in [3.05, 3.63) is 71.4 Å². The second-order valence-corrected chi connectivity index (χ2v) is 9.35. The third kappa shape index (κ3) is 5.95. The Hall–Kier alpha value is -3.54. The van der Waals surface area contributed by atoms with Gasteiger partial charge >= 0.3 is 0 Å². The van der Waals surface area contributed by atoms with E-state index in [9.17, 15) is 23.1 Å². The molecule has 2 heterocycles. The maximum absolute atomic E-state index is 14.8.